The van der Waals surface area contributed by atoms with E-state index >= 15 is 0 Å². The molecule has 0 aliphatic rings. The maximum atomic E-state index is 8.92. The van der Waals surface area contributed by atoms with Crippen LogP contribution < -0.4 is 0 Å². The highest BCUT2D eigenvalue weighted by molar-refractivity contribution is 5.51. The molecule has 1 rings (SSSR count). The molecule has 14 heavy (non-hydrogen) atoms. The van der Waals surface area contributed by atoms with Gasteiger partial charge in [-0.1, -0.05) is 25.0 Å². The fourth-order valence-electron chi connectivity index (χ4n) is 1.50. The van der Waals surface area contributed by atoms with Crippen molar-refractivity contribution in [2.75, 3.05) is 0 Å². The number of hydrogen-bond donors (Lipinski definition) is 0. The first kappa shape index (κ1) is 10.4. The second-order valence-corrected chi connectivity index (χ2v) is 3.07. The molecular weight excluding hydrogens is 170 g/mol. The predicted molar refractivity (Wildman–Crippen MR) is 57.4 cm³/mol. The molecule has 0 amide bonds. The lowest BCUT2D eigenvalue weighted by molar-refractivity contribution is 1.08. The van der Waals surface area contributed by atoms with Gasteiger partial charge in [-0.2, -0.15) is 5.26 Å². The first-order valence-corrected chi connectivity index (χ1v) is 4.57. The van der Waals surface area contributed by atoms with Crippen molar-refractivity contribution in [3.8, 4) is 18.4 Å². The van der Waals surface area contributed by atoms with E-state index in [1.54, 1.807) is 0 Å². The van der Waals surface area contributed by atoms with E-state index in [1.165, 1.54) is 0 Å². The number of nitrogens with zero attached hydrogens (tertiary/aromatic N) is 1. The Bertz CT molecular complexity index is 404. The van der Waals surface area contributed by atoms with Gasteiger partial charge in [-0.15, -0.1) is 6.42 Å². The van der Waals surface area contributed by atoms with Crippen molar-refractivity contribution in [1.29, 1.82) is 5.26 Å². The van der Waals surface area contributed by atoms with E-state index in [1.807, 2.05) is 32.0 Å². The third kappa shape index (κ3) is 1.78. The van der Waals surface area contributed by atoms with E-state index < -0.39 is 0 Å². The molecule has 0 aliphatic carbocycles. The fraction of sp³-hybridized carbons (Fsp3) is 0.231. The molecule has 1 radical (unpaired) electrons. The second kappa shape index (κ2) is 4.49. The van der Waals surface area contributed by atoms with Gasteiger partial charge in [0.2, 0.25) is 0 Å². The molecule has 0 N–H and O–H groups in total. The average molecular weight is 182 g/mol. The second-order valence-electron chi connectivity index (χ2n) is 3.07. The van der Waals surface area contributed by atoms with Gasteiger partial charge in [0.1, 0.15) is 0 Å². The Morgan fingerprint density at radius 1 is 1.50 bits per heavy atom. The molecule has 0 heterocycles. The summed E-state index contributed by atoms with van der Waals surface area (Å²) in [5, 5.41) is 8.92. The molecule has 0 aromatic heterocycles. The highest BCUT2D eigenvalue weighted by Gasteiger charge is 2.10. The van der Waals surface area contributed by atoms with Gasteiger partial charge >= 0.3 is 0 Å². The number of rotatable bonds is 2. The lowest BCUT2D eigenvalue weighted by Crippen LogP contribution is -1.99. The Morgan fingerprint density at radius 3 is 2.71 bits per heavy atom. The third-order valence-corrected chi connectivity index (χ3v) is 2.27. The van der Waals surface area contributed by atoms with Crippen LogP contribution in [-0.4, -0.2) is 0 Å². The zero-order valence-electron chi connectivity index (χ0n) is 8.46. The summed E-state index contributed by atoms with van der Waals surface area (Å²) in [7, 11) is 0. The number of benzene rings is 1. The summed E-state index contributed by atoms with van der Waals surface area (Å²) >= 11 is 0. The minimum absolute atomic E-state index is 0.722. The van der Waals surface area contributed by atoms with Gasteiger partial charge in [0.15, 0.2) is 0 Å². The predicted octanol–water partition coefficient (Wildman–Crippen LogP) is 2.70. The van der Waals surface area contributed by atoms with E-state index in [2.05, 4.69) is 12.0 Å². The van der Waals surface area contributed by atoms with Gasteiger partial charge < -0.3 is 0 Å². The smallest absolute Gasteiger partial charge is 0.0994 e. The van der Waals surface area contributed by atoms with Crippen LogP contribution in [0.4, 0.5) is 0 Å². The van der Waals surface area contributed by atoms with Crippen molar-refractivity contribution < 1.29 is 0 Å². The molecule has 1 nitrogen and oxygen atoms in total. The Kier molecular flexibility index (Phi) is 3.32. The van der Waals surface area contributed by atoms with E-state index in [4.69, 9.17) is 11.7 Å². The van der Waals surface area contributed by atoms with Gasteiger partial charge in [0.05, 0.1) is 17.6 Å². The van der Waals surface area contributed by atoms with Crippen LogP contribution >= 0.6 is 0 Å². The zero-order chi connectivity index (χ0) is 10.6. The molecule has 0 atom stereocenters. The normalized spacial score (nSPS) is 9.50. The SMILES string of the molecule is C#C[C](C)c1cccc(C#N)c1CC. The summed E-state index contributed by atoms with van der Waals surface area (Å²) in [6.07, 6.45) is 6.18. The van der Waals surface area contributed by atoms with E-state index in [9.17, 15) is 0 Å². The Morgan fingerprint density at radius 2 is 2.21 bits per heavy atom. The third-order valence-electron chi connectivity index (χ3n) is 2.27. The Labute approximate surface area is 85.4 Å². The number of terminal acetylenes is 1. The van der Waals surface area contributed by atoms with Crippen molar-refractivity contribution in [3.05, 3.63) is 40.8 Å². The largest absolute Gasteiger partial charge is 0.192 e. The van der Waals surface area contributed by atoms with Crippen molar-refractivity contribution in [1.82, 2.24) is 0 Å². The van der Waals surface area contributed by atoms with E-state index in [-0.39, 0.29) is 0 Å². The first-order chi connectivity index (χ1) is 6.74. The first-order valence-electron chi connectivity index (χ1n) is 4.57. The van der Waals surface area contributed by atoms with Crippen LogP contribution in [0.2, 0.25) is 0 Å². The molecule has 0 fully saturated rings. The van der Waals surface area contributed by atoms with Crippen molar-refractivity contribution >= 4 is 0 Å². The molecule has 1 aromatic rings. The van der Waals surface area contributed by atoms with Crippen LogP contribution in [0.15, 0.2) is 18.2 Å². The molecule has 0 bridgehead atoms. The van der Waals surface area contributed by atoms with E-state index in [0.29, 0.717) is 0 Å². The van der Waals surface area contributed by atoms with Gasteiger partial charge in [0.25, 0.3) is 0 Å². The topological polar surface area (TPSA) is 23.8 Å². The number of nitriles is 1. The summed E-state index contributed by atoms with van der Waals surface area (Å²) in [6, 6.07) is 7.85. The van der Waals surface area contributed by atoms with Crippen molar-refractivity contribution in [3.63, 3.8) is 0 Å². The zero-order valence-corrected chi connectivity index (χ0v) is 8.46. The van der Waals surface area contributed by atoms with Crippen molar-refractivity contribution in [2.24, 2.45) is 0 Å². The summed E-state index contributed by atoms with van der Waals surface area (Å²) in [5.41, 5.74) is 2.79. The van der Waals surface area contributed by atoms with Crippen LogP contribution in [0.1, 0.15) is 30.5 Å². The van der Waals surface area contributed by atoms with Crippen LogP contribution in [0, 0.1) is 29.6 Å². The minimum atomic E-state index is 0.722. The molecule has 0 spiro atoms. The summed E-state index contributed by atoms with van der Waals surface area (Å²) in [5.74, 6) is 3.50. The van der Waals surface area contributed by atoms with Crippen molar-refractivity contribution in [2.45, 2.75) is 20.3 Å². The molecule has 0 saturated heterocycles. The molecule has 69 valence electrons. The molecule has 1 aromatic carbocycles. The summed E-state index contributed by atoms with van der Waals surface area (Å²) < 4.78 is 0. The van der Waals surface area contributed by atoms with Crippen LogP contribution in [0.3, 0.4) is 0 Å². The standard InChI is InChI=1S/C13H12N/c1-4-10(3)13-8-6-7-11(9-14)12(13)5-2/h1,6-8H,5H2,2-3H3. The van der Waals surface area contributed by atoms with Gasteiger partial charge in [0, 0.05) is 0 Å². The average Bonchev–Trinajstić information content (AvgIpc) is 2.26. The van der Waals surface area contributed by atoms with Crippen LogP contribution in [-0.2, 0) is 6.42 Å². The lowest BCUT2D eigenvalue weighted by atomic mass is 9.92. The molecule has 0 aliphatic heterocycles. The molecular formula is C13H12N. The fourth-order valence-corrected chi connectivity index (χ4v) is 1.50. The van der Waals surface area contributed by atoms with Gasteiger partial charge in [-0.3, -0.25) is 0 Å². The Hall–Kier alpha value is -1.73. The maximum Gasteiger partial charge on any atom is 0.0994 e. The minimum Gasteiger partial charge on any atom is -0.192 e. The van der Waals surface area contributed by atoms with Crippen LogP contribution in [0.25, 0.3) is 0 Å². The van der Waals surface area contributed by atoms with Crippen LogP contribution in [0.5, 0.6) is 0 Å². The molecule has 0 saturated carbocycles. The van der Waals surface area contributed by atoms with Gasteiger partial charge in [-0.05, 0) is 30.5 Å². The monoisotopic (exact) mass is 182 g/mol. The maximum absolute atomic E-state index is 8.92. The number of hydrogen-bond acceptors (Lipinski definition) is 1. The Balaban J connectivity index is 3.32. The summed E-state index contributed by atoms with van der Waals surface area (Å²) in [4.78, 5) is 0. The molecule has 0 unspecified atom stereocenters. The highest BCUT2D eigenvalue weighted by atomic mass is 14.2. The summed E-state index contributed by atoms with van der Waals surface area (Å²) in [6.45, 7) is 3.93. The molecule has 1 heteroatoms. The quantitative estimate of drug-likeness (QED) is 0.645. The highest BCUT2D eigenvalue weighted by Crippen LogP contribution is 2.21. The van der Waals surface area contributed by atoms with Gasteiger partial charge in [-0.25, -0.2) is 0 Å². The van der Waals surface area contributed by atoms with E-state index in [0.717, 1.165) is 29.0 Å². The lowest BCUT2D eigenvalue weighted by Gasteiger charge is -2.10.